The lowest BCUT2D eigenvalue weighted by Gasteiger charge is -2.17. The molecule has 0 radical (unpaired) electrons. The van der Waals surface area contributed by atoms with Crippen molar-refractivity contribution in [3.63, 3.8) is 0 Å². The smallest absolute Gasteiger partial charge is 0.214 e. The SMILES string of the molecule is COc1cc([C@@H](C[N+](=O)[O-])c2c[nH]c3ccccc23)ccc1OCc1ccc(C)cc1. The van der Waals surface area contributed by atoms with Gasteiger partial charge in [0, 0.05) is 22.0 Å². The van der Waals surface area contributed by atoms with Crippen LogP contribution in [0.1, 0.15) is 28.2 Å². The number of aryl methyl sites for hydroxylation is 1. The van der Waals surface area contributed by atoms with Gasteiger partial charge in [-0.2, -0.15) is 0 Å². The summed E-state index contributed by atoms with van der Waals surface area (Å²) in [4.78, 5) is 14.4. The first-order valence-corrected chi connectivity index (χ1v) is 10.1. The van der Waals surface area contributed by atoms with Crippen LogP contribution in [0.4, 0.5) is 0 Å². The molecule has 0 fully saturated rings. The molecule has 0 saturated heterocycles. The Morgan fingerprint density at radius 3 is 2.55 bits per heavy atom. The van der Waals surface area contributed by atoms with E-state index in [2.05, 4.69) is 4.98 Å². The van der Waals surface area contributed by atoms with Gasteiger partial charge in [0.05, 0.1) is 13.0 Å². The topological polar surface area (TPSA) is 77.4 Å². The highest BCUT2D eigenvalue weighted by molar-refractivity contribution is 5.84. The van der Waals surface area contributed by atoms with E-state index >= 15 is 0 Å². The van der Waals surface area contributed by atoms with Crippen LogP contribution in [0.25, 0.3) is 10.9 Å². The van der Waals surface area contributed by atoms with Crippen LogP contribution in [0.2, 0.25) is 0 Å². The molecule has 1 N–H and O–H groups in total. The maximum atomic E-state index is 11.5. The van der Waals surface area contributed by atoms with Gasteiger partial charge in [0.2, 0.25) is 6.54 Å². The standard InChI is InChI=1S/C25H24N2O4/c1-17-7-9-18(10-8-17)16-31-24-12-11-19(13-25(24)30-2)22(15-27(28)29)21-14-26-23-6-4-3-5-20(21)23/h3-14,22,26H,15-16H2,1-2H3/t22-/m1/s1. The van der Waals surface area contributed by atoms with Crippen molar-refractivity contribution < 1.29 is 14.4 Å². The van der Waals surface area contributed by atoms with Gasteiger partial charge in [0.15, 0.2) is 11.5 Å². The van der Waals surface area contributed by atoms with Crippen molar-refractivity contribution >= 4 is 10.9 Å². The van der Waals surface area contributed by atoms with Crippen LogP contribution in [-0.4, -0.2) is 23.6 Å². The molecule has 0 saturated carbocycles. The number of methoxy groups -OCH3 is 1. The summed E-state index contributed by atoms with van der Waals surface area (Å²) in [6.07, 6.45) is 1.85. The minimum absolute atomic E-state index is 0.214. The summed E-state index contributed by atoms with van der Waals surface area (Å²) in [6.45, 7) is 2.24. The third-order valence-corrected chi connectivity index (χ3v) is 5.43. The molecule has 0 aliphatic carbocycles. The van der Waals surface area contributed by atoms with Crippen molar-refractivity contribution in [2.75, 3.05) is 13.7 Å². The molecule has 158 valence electrons. The van der Waals surface area contributed by atoms with Gasteiger partial charge in [-0.1, -0.05) is 54.1 Å². The molecule has 0 amide bonds. The van der Waals surface area contributed by atoms with Crippen LogP contribution in [0.3, 0.4) is 0 Å². The number of ether oxygens (including phenoxy) is 2. The quantitative estimate of drug-likeness (QED) is 0.305. The summed E-state index contributed by atoms with van der Waals surface area (Å²) in [5.74, 6) is 0.745. The molecule has 1 atom stereocenters. The van der Waals surface area contributed by atoms with E-state index in [1.54, 1.807) is 7.11 Å². The first kappa shape index (κ1) is 20.5. The number of benzene rings is 3. The number of H-pyrrole nitrogens is 1. The predicted molar refractivity (Wildman–Crippen MR) is 121 cm³/mol. The molecular weight excluding hydrogens is 392 g/mol. The summed E-state index contributed by atoms with van der Waals surface area (Å²) in [7, 11) is 1.58. The number of hydrogen-bond donors (Lipinski definition) is 1. The Kier molecular flexibility index (Phi) is 5.89. The van der Waals surface area contributed by atoms with Crippen molar-refractivity contribution in [1.82, 2.24) is 4.98 Å². The highest BCUT2D eigenvalue weighted by Crippen LogP contribution is 2.36. The minimum Gasteiger partial charge on any atom is -0.493 e. The van der Waals surface area contributed by atoms with E-state index < -0.39 is 5.92 Å². The van der Waals surface area contributed by atoms with Gasteiger partial charge >= 0.3 is 0 Å². The molecule has 1 heterocycles. The first-order chi connectivity index (χ1) is 15.0. The van der Waals surface area contributed by atoms with Crippen LogP contribution < -0.4 is 9.47 Å². The van der Waals surface area contributed by atoms with E-state index in [1.807, 2.05) is 79.9 Å². The van der Waals surface area contributed by atoms with Crippen molar-refractivity contribution in [2.24, 2.45) is 0 Å². The van der Waals surface area contributed by atoms with Crippen LogP contribution in [0, 0.1) is 17.0 Å². The molecule has 0 aliphatic heterocycles. The average Bonchev–Trinajstić information content (AvgIpc) is 3.21. The van der Waals surface area contributed by atoms with Gasteiger partial charge in [-0.15, -0.1) is 0 Å². The Hall–Kier alpha value is -3.80. The maximum Gasteiger partial charge on any atom is 0.214 e. The predicted octanol–water partition coefficient (Wildman–Crippen LogP) is 5.47. The number of nitro groups is 1. The maximum absolute atomic E-state index is 11.5. The van der Waals surface area contributed by atoms with E-state index in [1.165, 1.54) is 5.56 Å². The molecule has 0 bridgehead atoms. The molecule has 1 aromatic heterocycles. The number of nitrogens with one attached hydrogen (secondary N) is 1. The van der Waals surface area contributed by atoms with E-state index in [4.69, 9.17) is 9.47 Å². The van der Waals surface area contributed by atoms with Crippen LogP contribution in [0.15, 0.2) is 72.9 Å². The number of aromatic amines is 1. The largest absolute Gasteiger partial charge is 0.493 e. The van der Waals surface area contributed by atoms with Gasteiger partial charge in [-0.05, 0) is 41.8 Å². The van der Waals surface area contributed by atoms with Gasteiger partial charge < -0.3 is 14.5 Å². The summed E-state index contributed by atoms with van der Waals surface area (Å²) >= 11 is 0. The zero-order chi connectivity index (χ0) is 21.8. The van der Waals surface area contributed by atoms with Gasteiger partial charge in [0.1, 0.15) is 6.61 Å². The van der Waals surface area contributed by atoms with Crippen molar-refractivity contribution in [3.05, 3.63) is 105 Å². The number of rotatable bonds is 8. The Labute approximate surface area is 180 Å². The molecule has 0 aliphatic rings. The van der Waals surface area contributed by atoms with Crippen LogP contribution in [-0.2, 0) is 6.61 Å². The first-order valence-electron chi connectivity index (χ1n) is 10.1. The van der Waals surface area contributed by atoms with E-state index in [0.29, 0.717) is 18.1 Å². The third-order valence-electron chi connectivity index (χ3n) is 5.43. The highest BCUT2D eigenvalue weighted by Gasteiger charge is 2.24. The molecule has 0 spiro atoms. The summed E-state index contributed by atoms with van der Waals surface area (Å²) in [5, 5.41) is 12.4. The molecule has 3 aromatic carbocycles. The minimum atomic E-state index is -0.411. The molecule has 31 heavy (non-hydrogen) atoms. The fraction of sp³-hybridized carbons (Fsp3) is 0.200. The fourth-order valence-electron chi connectivity index (χ4n) is 3.78. The Bertz CT molecular complexity index is 1200. The van der Waals surface area contributed by atoms with Gasteiger partial charge in [-0.25, -0.2) is 0 Å². The lowest BCUT2D eigenvalue weighted by Crippen LogP contribution is -2.14. The lowest BCUT2D eigenvalue weighted by molar-refractivity contribution is -0.481. The Morgan fingerprint density at radius 1 is 1.03 bits per heavy atom. The van der Waals surface area contributed by atoms with Crippen molar-refractivity contribution in [1.29, 1.82) is 0 Å². The molecular formula is C25H24N2O4. The molecule has 4 aromatic rings. The van der Waals surface area contributed by atoms with Crippen LogP contribution >= 0.6 is 0 Å². The second-order valence-electron chi connectivity index (χ2n) is 7.54. The number of fused-ring (bicyclic) bond motifs is 1. The van der Waals surface area contributed by atoms with Crippen molar-refractivity contribution in [3.8, 4) is 11.5 Å². The normalized spacial score (nSPS) is 11.9. The average molecular weight is 416 g/mol. The van der Waals surface area contributed by atoms with Crippen LogP contribution in [0.5, 0.6) is 11.5 Å². The molecule has 6 nitrogen and oxygen atoms in total. The van der Waals surface area contributed by atoms with Gasteiger partial charge in [-0.3, -0.25) is 10.1 Å². The van der Waals surface area contributed by atoms with Crippen molar-refractivity contribution in [2.45, 2.75) is 19.4 Å². The molecule has 4 rings (SSSR count). The second-order valence-corrected chi connectivity index (χ2v) is 7.54. The number of nitrogens with zero attached hydrogens (tertiary/aromatic N) is 1. The highest BCUT2D eigenvalue weighted by atomic mass is 16.6. The van der Waals surface area contributed by atoms with E-state index in [0.717, 1.165) is 27.6 Å². The van der Waals surface area contributed by atoms with E-state index in [9.17, 15) is 10.1 Å². The monoisotopic (exact) mass is 416 g/mol. The fourth-order valence-corrected chi connectivity index (χ4v) is 3.78. The summed E-state index contributed by atoms with van der Waals surface area (Å²) in [5.41, 5.74) is 4.90. The Morgan fingerprint density at radius 2 is 1.81 bits per heavy atom. The molecule has 0 unspecified atom stereocenters. The number of para-hydroxylation sites is 1. The summed E-state index contributed by atoms with van der Waals surface area (Å²) < 4.78 is 11.5. The lowest BCUT2D eigenvalue weighted by atomic mass is 9.90. The number of hydrogen-bond acceptors (Lipinski definition) is 4. The Balaban J connectivity index is 1.64. The van der Waals surface area contributed by atoms with E-state index in [-0.39, 0.29) is 11.5 Å². The molecule has 6 heteroatoms. The summed E-state index contributed by atoms with van der Waals surface area (Å²) in [6, 6.07) is 21.5. The second kappa shape index (κ2) is 8.92. The number of aromatic nitrogens is 1. The zero-order valence-electron chi connectivity index (χ0n) is 17.5. The zero-order valence-corrected chi connectivity index (χ0v) is 17.5. The van der Waals surface area contributed by atoms with Gasteiger partial charge in [0.25, 0.3) is 0 Å². The third kappa shape index (κ3) is 4.53.